The second-order valence-electron chi connectivity index (χ2n) is 9.08. The lowest BCUT2D eigenvalue weighted by Gasteiger charge is -2.30. The van der Waals surface area contributed by atoms with Crippen LogP contribution in [0.1, 0.15) is 63.4 Å². The first kappa shape index (κ1) is 23.7. The molecule has 1 aliphatic carbocycles. The van der Waals surface area contributed by atoms with Gasteiger partial charge in [0.25, 0.3) is 5.91 Å². The lowest BCUT2D eigenvalue weighted by atomic mass is 9.92. The summed E-state index contributed by atoms with van der Waals surface area (Å²) in [6.45, 7) is 8.93. The first-order valence-electron chi connectivity index (χ1n) is 12.1. The first-order chi connectivity index (χ1) is 16.3. The van der Waals surface area contributed by atoms with Crippen LogP contribution in [0.4, 0.5) is 16.2 Å². The summed E-state index contributed by atoms with van der Waals surface area (Å²) in [7, 11) is 0. The summed E-state index contributed by atoms with van der Waals surface area (Å²) in [5.41, 5.74) is 11.7. The van der Waals surface area contributed by atoms with E-state index < -0.39 is 6.09 Å². The number of amides is 2. The highest BCUT2D eigenvalue weighted by Crippen LogP contribution is 2.44. The maximum atomic E-state index is 13.0. The molecule has 1 heterocycles. The number of nitrogens with one attached hydrogen (secondary N) is 1. The van der Waals surface area contributed by atoms with Gasteiger partial charge in [0.1, 0.15) is 0 Å². The van der Waals surface area contributed by atoms with Crippen LogP contribution >= 0.6 is 0 Å². The van der Waals surface area contributed by atoms with Gasteiger partial charge in [-0.05, 0) is 77.3 Å². The van der Waals surface area contributed by atoms with Crippen molar-refractivity contribution in [3.63, 3.8) is 0 Å². The summed E-state index contributed by atoms with van der Waals surface area (Å²) in [4.78, 5) is 26.7. The van der Waals surface area contributed by atoms with E-state index in [1.54, 1.807) is 0 Å². The van der Waals surface area contributed by atoms with Crippen LogP contribution in [0.15, 0.2) is 42.5 Å². The van der Waals surface area contributed by atoms with Gasteiger partial charge in [0.15, 0.2) is 0 Å². The lowest BCUT2D eigenvalue weighted by molar-refractivity contribution is 0.0773. The number of ether oxygens (including phenoxy) is 1. The van der Waals surface area contributed by atoms with Crippen LogP contribution in [0.25, 0.3) is 22.2 Å². The average molecular weight is 463 g/mol. The number of nitrogens with zero attached hydrogens (tertiary/aromatic N) is 2. The Labute approximate surface area is 200 Å². The number of aromatic nitrogens is 1. The fourth-order valence-electron chi connectivity index (χ4n) is 4.56. The van der Waals surface area contributed by atoms with Crippen molar-refractivity contribution >= 4 is 34.3 Å². The molecule has 2 aromatic carbocycles. The van der Waals surface area contributed by atoms with Crippen molar-refractivity contribution in [3.8, 4) is 11.3 Å². The summed E-state index contributed by atoms with van der Waals surface area (Å²) >= 11 is 0. The number of carbonyl (C=O) groups is 2. The fraction of sp³-hybridized carbons (Fsp3) is 0.407. The van der Waals surface area contributed by atoms with Gasteiger partial charge in [-0.3, -0.25) is 10.1 Å². The van der Waals surface area contributed by atoms with E-state index >= 15 is 0 Å². The standard InChI is InChI=1S/C27H34N4O3/c1-5-30(6-2)26(32)19-12-15-23-22(16-19)24(28)25(31(23)21-8-7-9-21)18-10-13-20(14-11-18)29-27(33)34-17(3)4/h10-17,21H,5-9,28H2,1-4H3,(H,29,33). The molecule has 0 saturated heterocycles. The highest BCUT2D eigenvalue weighted by atomic mass is 16.6. The van der Waals surface area contributed by atoms with E-state index in [0.29, 0.717) is 36.1 Å². The number of nitrogen functional groups attached to an aromatic ring is 1. The van der Waals surface area contributed by atoms with E-state index in [9.17, 15) is 9.59 Å². The molecule has 4 rings (SSSR count). The van der Waals surface area contributed by atoms with E-state index in [1.165, 1.54) is 6.42 Å². The molecular formula is C27H34N4O3. The topological polar surface area (TPSA) is 89.6 Å². The van der Waals surface area contributed by atoms with Gasteiger partial charge in [-0.2, -0.15) is 0 Å². The summed E-state index contributed by atoms with van der Waals surface area (Å²) in [6, 6.07) is 13.9. The predicted molar refractivity (Wildman–Crippen MR) is 137 cm³/mol. The smallest absolute Gasteiger partial charge is 0.411 e. The highest BCUT2D eigenvalue weighted by Gasteiger charge is 2.27. The number of fused-ring (bicyclic) bond motifs is 1. The van der Waals surface area contributed by atoms with Crippen LogP contribution in [0, 0.1) is 0 Å². The van der Waals surface area contributed by atoms with Crippen LogP contribution in [0.2, 0.25) is 0 Å². The van der Waals surface area contributed by atoms with Crippen molar-refractivity contribution in [1.82, 2.24) is 9.47 Å². The minimum atomic E-state index is -0.476. The second-order valence-corrected chi connectivity index (χ2v) is 9.08. The maximum Gasteiger partial charge on any atom is 0.411 e. The zero-order valence-corrected chi connectivity index (χ0v) is 20.4. The van der Waals surface area contributed by atoms with Gasteiger partial charge >= 0.3 is 6.09 Å². The molecule has 34 heavy (non-hydrogen) atoms. The summed E-state index contributed by atoms with van der Waals surface area (Å²) in [5.74, 6) is 0.0213. The van der Waals surface area contributed by atoms with Gasteiger partial charge in [0, 0.05) is 41.3 Å². The van der Waals surface area contributed by atoms with E-state index in [1.807, 2.05) is 75.1 Å². The zero-order chi connectivity index (χ0) is 24.4. The lowest BCUT2D eigenvalue weighted by Crippen LogP contribution is -2.30. The second kappa shape index (κ2) is 9.79. The zero-order valence-electron chi connectivity index (χ0n) is 20.4. The fourth-order valence-corrected chi connectivity index (χ4v) is 4.56. The third-order valence-corrected chi connectivity index (χ3v) is 6.53. The first-order valence-corrected chi connectivity index (χ1v) is 12.1. The van der Waals surface area contributed by atoms with Gasteiger partial charge < -0.3 is 19.9 Å². The number of hydrogen-bond donors (Lipinski definition) is 2. The maximum absolute atomic E-state index is 13.0. The van der Waals surface area contributed by atoms with Crippen molar-refractivity contribution in [1.29, 1.82) is 0 Å². The Balaban J connectivity index is 1.74. The Bertz CT molecular complexity index is 1190. The van der Waals surface area contributed by atoms with Crippen molar-refractivity contribution in [3.05, 3.63) is 48.0 Å². The molecule has 3 N–H and O–H groups in total. The molecule has 2 amide bonds. The van der Waals surface area contributed by atoms with E-state index in [2.05, 4.69) is 9.88 Å². The van der Waals surface area contributed by atoms with Gasteiger partial charge in [0.05, 0.1) is 23.0 Å². The van der Waals surface area contributed by atoms with Crippen LogP contribution in [-0.4, -0.2) is 40.7 Å². The molecule has 1 saturated carbocycles. The number of carbonyl (C=O) groups excluding carboxylic acids is 2. The van der Waals surface area contributed by atoms with Gasteiger partial charge in [-0.15, -0.1) is 0 Å². The van der Waals surface area contributed by atoms with Gasteiger partial charge in [-0.1, -0.05) is 12.1 Å². The Hall–Kier alpha value is -3.48. The van der Waals surface area contributed by atoms with Crippen molar-refractivity contribution in [2.24, 2.45) is 0 Å². The summed E-state index contributed by atoms with van der Waals surface area (Å²) < 4.78 is 7.49. The van der Waals surface area contributed by atoms with E-state index in [-0.39, 0.29) is 12.0 Å². The average Bonchev–Trinajstić information content (AvgIpc) is 3.05. The molecule has 1 fully saturated rings. The van der Waals surface area contributed by atoms with Crippen molar-refractivity contribution < 1.29 is 14.3 Å². The Morgan fingerprint density at radius 2 is 1.79 bits per heavy atom. The van der Waals surface area contributed by atoms with Gasteiger partial charge in [0.2, 0.25) is 0 Å². The Morgan fingerprint density at radius 1 is 1.12 bits per heavy atom. The molecule has 1 aromatic heterocycles. The normalized spacial score (nSPS) is 13.7. The number of anilines is 2. The monoisotopic (exact) mass is 462 g/mol. The third-order valence-electron chi connectivity index (χ3n) is 6.53. The SMILES string of the molecule is CCN(CC)C(=O)c1ccc2c(c1)c(N)c(-c1ccc(NC(=O)OC(C)C)cc1)n2C1CCC1. The van der Waals surface area contributed by atoms with Crippen molar-refractivity contribution in [2.45, 2.75) is 59.1 Å². The molecule has 7 nitrogen and oxygen atoms in total. The molecule has 0 aliphatic heterocycles. The highest BCUT2D eigenvalue weighted by molar-refractivity contribution is 6.05. The molecule has 0 spiro atoms. The van der Waals surface area contributed by atoms with Crippen LogP contribution in [0.5, 0.6) is 0 Å². The third kappa shape index (κ3) is 4.47. The molecule has 0 radical (unpaired) electrons. The minimum Gasteiger partial charge on any atom is -0.447 e. The Kier molecular flexibility index (Phi) is 6.82. The molecule has 0 unspecified atom stereocenters. The van der Waals surface area contributed by atoms with Gasteiger partial charge in [-0.25, -0.2) is 4.79 Å². The number of benzene rings is 2. The van der Waals surface area contributed by atoms with E-state index in [0.717, 1.165) is 35.0 Å². The molecular weight excluding hydrogens is 428 g/mol. The molecule has 180 valence electrons. The quantitative estimate of drug-likeness (QED) is 0.447. The predicted octanol–water partition coefficient (Wildman–Crippen LogP) is 6.05. The largest absolute Gasteiger partial charge is 0.447 e. The molecule has 7 heteroatoms. The van der Waals surface area contributed by atoms with Crippen LogP contribution in [0.3, 0.4) is 0 Å². The number of hydrogen-bond acceptors (Lipinski definition) is 4. The molecule has 0 bridgehead atoms. The summed E-state index contributed by atoms with van der Waals surface area (Å²) in [5, 5.41) is 3.66. The summed E-state index contributed by atoms with van der Waals surface area (Å²) in [6.07, 6.45) is 2.75. The number of rotatable bonds is 7. The van der Waals surface area contributed by atoms with Crippen molar-refractivity contribution in [2.75, 3.05) is 24.1 Å². The molecule has 1 aliphatic rings. The van der Waals surface area contributed by atoms with Crippen LogP contribution < -0.4 is 11.1 Å². The van der Waals surface area contributed by atoms with E-state index in [4.69, 9.17) is 10.5 Å². The molecule has 3 aromatic rings. The van der Waals surface area contributed by atoms with Crippen LogP contribution in [-0.2, 0) is 4.74 Å². The number of nitrogens with two attached hydrogens (primary N) is 1. The Morgan fingerprint density at radius 3 is 2.35 bits per heavy atom. The molecule has 0 atom stereocenters. The minimum absolute atomic E-state index is 0.0213.